The van der Waals surface area contributed by atoms with Crippen LogP contribution in [0.25, 0.3) is 0 Å². The molecule has 1 fully saturated rings. The number of hydrogen-bond donors (Lipinski definition) is 1. The predicted octanol–water partition coefficient (Wildman–Crippen LogP) is 4.22. The van der Waals surface area contributed by atoms with Gasteiger partial charge in [-0.3, -0.25) is 14.7 Å². The molecule has 172 valence electrons. The summed E-state index contributed by atoms with van der Waals surface area (Å²) >= 11 is 0. The van der Waals surface area contributed by atoms with Gasteiger partial charge >= 0.3 is 0 Å². The molecule has 0 radical (unpaired) electrons. The third-order valence-electron chi connectivity index (χ3n) is 6.20. The third kappa shape index (κ3) is 5.90. The number of carbonyl (C=O) groups is 1. The monoisotopic (exact) mass is 445 g/mol. The highest BCUT2D eigenvalue weighted by molar-refractivity contribution is 5.79. The topological polar surface area (TPSA) is 63.7 Å². The lowest BCUT2D eigenvalue weighted by molar-refractivity contribution is -0.127. The Balaban J connectivity index is 1.40. The normalized spacial score (nSPS) is 15.6. The van der Waals surface area contributed by atoms with Gasteiger partial charge in [0.25, 0.3) is 0 Å². The molecule has 1 unspecified atom stereocenters. The van der Waals surface area contributed by atoms with Crippen LogP contribution in [0.5, 0.6) is 11.5 Å². The highest BCUT2D eigenvalue weighted by Gasteiger charge is 2.28. The van der Waals surface area contributed by atoms with Gasteiger partial charge in [-0.05, 0) is 73.5 Å². The quantitative estimate of drug-likeness (QED) is 0.563. The Morgan fingerprint density at radius 1 is 1.00 bits per heavy atom. The number of rotatable bonds is 8. The second-order valence-corrected chi connectivity index (χ2v) is 8.37. The minimum atomic E-state index is -0.316. The van der Waals surface area contributed by atoms with E-state index in [4.69, 9.17) is 9.47 Å². The largest absolute Gasteiger partial charge is 0.497 e. The summed E-state index contributed by atoms with van der Waals surface area (Å²) < 4.78 is 10.7. The van der Waals surface area contributed by atoms with Gasteiger partial charge in [-0.2, -0.15) is 0 Å². The van der Waals surface area contributed by atoms with E-state index in [1.807, 2.05) is 54.6 Å². The Morgan fingerprint density at radius 2 is 1.73 bits per heavy atom. The van der Waals surface area contributed by atoms with Crippen LogP contribution < -0.4 is 14.8 Å². The maximum Gasteiger partial charge on any atom is 0.224 e. The van der Waals surface area contributed by atoms with Crippen molar-refractivity contribution in [2.24, 2.45) is 5.92 Å². The van der Waals surface area contributed by atoms with Crippen LogP contribution in [-0.4, -0.2) is 43.1 Å². The number of aromatic nitrogens is 1. The van der Waals surface area contributed by atoms with Gasteiger partial charge in [-0.25, -0.2) is 0 Å². The summed E-state index contributed by atoms with van der Waals surface area (Å²) in [6.45, 7) is 2.65. The Morgan fingerprint density at radius 3 is 2.42 bits per heavy atom. The van der Waals surface area contributed by atoms with Gasteiger partial charge < -0.3 is 14.8 Å². The molecule has 6 nitrogen and oxygen atoms in total. The van der Waals surface area contributed by atoms with Crippen LogP contribution in [0.4, 0.5) is 0 Å². The fourth-order valence-electron chi connectivity index (χ4n) is 4.34. The summed E-state index contributed by atoms with van der Waals surface area (Å²) in [5.74, 6) is 1.70. The summed E-state index contributed by atoms with van der Waals surface area (Å²) in [6, 6.07) is 21.4. The van der Waals surface area contributed by atoms with E-state index in [2.05, 4.69) is 27.3 Å². The molecule has 33 heavy (non-hydrogen) atoms. The van der Waals surface area contributed by atoms with Crippen molar-refractivity contribution in [2.45, 2.75) is 25.4 Å². The van der Waals surface area contributed by atoms with Crippen molar-refractivity contribution in [1.29, 1.82) is 0 Å². The van der Waals surface area contributed by atoms with Gasteiger partial charge in [0.2, 0.25) is 5.91 Å². The van der Waals surface area contributed by atoms with Crippen molar-refractivity contribution in [1.82, 2.24) is 15.2 Å². The number of nitrogens with zero attached hydrogens (tertiary/aromatic N) is 2. The molecule has 4 rings (SSSR count). The summed E-state index contributed by atoms with van der Waals surface area (Å²) in [4.78, 5) is 20.2. The van der Waals surface area contributed by atoms with E-state index in [0.29, 0.717) is 0 Å². The smallest absolute Gasteiger partial charge is 0.224 e. The van der Waals surface area contributed by atoms with Crippen molar-refractivity contribution in [3.63, 3.8) is 0 Å². The van der Waals surface area contributed by atoms with E-state index in [-0.39, 0.29) is 17.9 Å². The standard InChI is InChI=1S/C27H31N3O3/c1-32-23-9-5-7-20(17-23)19-30-15-12-21(13-16-30)27(31)29-26(25-11-3-4-14-28-25)22-8-6-10-24(18-22)33-2/h3-11,14,17-18,21,26H,12-13,15-16,19H2,1-2H3,(H,29,31). The van der Waals surface area contributed by atoms with Crippen LogP contribution in [-0.2, 0) is 11.3 Å². The molecule has 0 aliphatic carbocycles. The van der Waals surface area contributed by atoms with Crippen LogP contribution in [0.1, 0.15) is 35.7 Å². The summed E-state index contributed by atoms with van der Waals surface area (Å²) in [6.07, 6.45) is 3.43. The van der Waals surface area contributed by atoms with Crippen molar-refractivity contribution in [3.8, 4) is 11.5 Å². The van der Waals surface area contributed by atoms with Crippen LogP contribution in [0.15, 0.2) is 72.9 Å². The zero-order valence-electron chi connectivity index (χ0n) is 19.2. The number of piperidine rings is 1. The average Bonchev–Trinajstić information content (AvgIpc) is 2.88. The Bertz CT molecular complexity index is 1050. The average molecular weight is 446 g/mol. The van der Waals surface area contributed by atoms with Crippen molar-refractivity contribution in [3.05, 3.63) is 89.7 Å². The zero-order chi connectivity index (χ0) is 23.0. The van der Waals surface area contributed by atoms with Gasteiger partial charge in [0.15, 0.2) is 0 Å². The molecule has 6 heteroatoms. The molecule has 0 spiro atoms. The van der Waals surface area contributed by atoms with E-state index in [1.54, 1.807) is 20.4 Å². The number of hydrogen-bond acceptors (Lipinski definition) is 5. The molecule has 0 bridgehead atoms. The fraction of sp³-hybridized carbons (Fsp3) is 0.333. The third-order valence-corrected chi connectivity index (χ3v) is 6.20. The lowest BCUT2D eigenvalue weighted by Crippen LogP contribution is -2.41. The molecule has 1 amide bonds. The highest BCUT2D eigenvalue weighted by Crippen LogP contribution is 2.26. The second-order valence-electron chi connectivity index (χ2n) is 8.37. The fourth-order valence-corrected chi connectivity index (χ4v) is 4.34. The molecule has 1 saturated heterocycles. The van der Waals surface area contributed by atoms with Crippen LogP contribution in [0.3, 0.4) is 0 Å². The molecule has 2 heterocycles. The van der Waals surface area contributed by atoms with Crippen LogP contribution in [0, 0.1) is 5.92 Å². The Hall–Kier alpha value is -3.38. The molecular formula is C27H31N3O3. The number of amides is 1. The second kappa shape index (κ2) is 11.0. The molecule has 1 aliphatic rings. The van der Waals surface area contributed by atoms with Crippen LogP contribution in [0.2, 0.25) is 0 Å². The van der Waals surface area contributed by atoms with Crippen molar-refractivity contribution >= 4 is 5.91 Å². The number of methoxy groups -OCH3 is 2. The first-order valence-electron chi connectivity index (χ1n) is 11.4. The van der Waals surface area contributed by atoms with E-state index in [9.17, 15) is 4.79 Å². The number of nitrogens with one attached hydrogen (secondary N) is 1. The summed E-state index contributed by atoms with van der Waals surface area (Å²) in [5, 5.41) is 3.26. The molecule has 1 atom stereocenters. The van der Waals surface area contributed by atoms with Crippen molar-refractivity contribution in [2.75, 3.05) is 27.3 Å². The first-order valence-corrected chi connectivity index (χ1v) is 11.4. The lowest BCUT2D eigenvalue weighted by atomic mass is 9.94. The molecular weight excluding hydrogens is 414 g/mol. The molecule has 0 saturated carbocycles. The summed E-state index contributed by atoms with van der Waals surface area (Å²) in [7, 11) is 3.33. The number of ether oxygens (including phenoxy) is 2. The minimum Gasteiger partial charge on any atom is -0.497 e. The predicted molar refractivity (Wildman–Crippen MR) is 128 cm³/mol. The van der Waals surface area contributed by atoms with Crippen molar-refractivity contribution < 1.29 is 14.3 Å². The summed E-state index contributed by atoms with van der Waals surface area (Å²) in [5.41, 5.74) is 3.00. The maximum atomic E-state index is 13.3. The molecule has 2 aromatic carbocycles. The van der Waals surface area contributed by atoms with E-state index < -0.39 is 0 Å². The van der Waals surface area contributed by atoms with Gasteiger partial charge in [0, 0.05) is 18.7 Å². The Labute approximate surface area is 195 Å². The van der Waals surface area contributed by atoms with E-state index in [0.717, 1.165) is 55.2 Å². The van der Waals surface area contributed by atoms with E-state index in [1.165, 1.54) is 5.56 Å². The molecule has 1 aliphatic heterocycles. The van der Waals surface area contributed by atoms with Gasteiger partial charge in [0.05, 0.1) is 26.0 Å². The Kier molecular flexibility index (Phi) is 7.58. The highest BCUT2D eigenvalue weighted by atomic mass is 16.5. The number of carbonyl (C=O) groups excluding carboxylic acids is 1. The first-order chi connectivity index (χ1) is 16.2. The number of pyridine rings is 1. The molecule has 1 aromatic heterocycles. The van der Waals surface area contributed by atoms with Crippen LogP contribution >= 0.6 is 0 Å². The zero-order valence-corrected chi connectivity index (χ0v) is 19.2. The van der Waals surface area contributed by atoms with E-state index >= 15 is 0 Å². The number of benzene rings is 2. The SMILES string of the molecule is COc1cccc(CN2CCC(C(=O)NC(c3cccc(OC)c3)c3ccccn3)CC2)c1. The first kappa shape index (κ1) is 22.8. The number of likely N-dealkylation sites (tertiary alicyclic amines) is 1. The van der Waals surface area contributed by atoms with Gasteiger partial charge in [0.1, 0.15) is 11.5 Å². The molecule has 1 N–H and O–H groups in total. The molecule has 3 aromatic rings. The maximum absolute atomic E-state index is 13.3. The van der Waals surface area contributed by atoms with Gasteiger partial charge in [-0.15, -0.1) is 0 Å². The van der Waals surface area contributed by atoms with Gasteiger partial charge in [-0.1, -0.05) is 30.3 Å². The lowest BCUT2D eigenvalue weighted by Gasteiger charge is -2.32. The minimum absolute atomic E-state index is 0.0108.